The Morgan fingerprint density at radius 1 is 1.24 bits per heavy atom. The number of aryl methyl sites for hydroxylation is 1. The van der Waals surface area contributed by atoms with Gasteiger partial charge in [0.15, 0.2) is 0 Å². The maximum atomic E-state index is 6.03. The molecule has 0 saturated heterocycles. The summed E-state index contributed by atoms with van der Waals surface area (Å²) >= 11 is 12.0. The zero-order chi connectivity index (χ0) is 12.4. The van der Waals surface area contributed by atoms with E-state index < -0.39 is 0 Å². The van der Waals surface area contributed by atoms with E-state index in [1.165, 1.54) is 0 Å². The van der Waals surface area contributed by atoms with Gasteiger partial charge in [-0.05, 0) is 30.7 Å². The highest BCUT2D eigenvalue weighted by atomic mass is 35.5. The highest BCUT2D eigenvalue weighted by molar-refractivity contribution is 6.35. The van der Waals surface area contributed by atoms with Gasteiger partial charge in [-0.15, -0.1) is 0 Å². The van der Waals surface area contributed by atoms with Crippen LogP contribution in [0, 0.1) is 6.92 Å². The van der Waals surface area contributed by atoms with Crippen molar-refractivity contribution in [1.29, 1.82) is 0 Å². The number of ether oxygens (including phenoxy) is 1. The summed E-state index contributed by atoms with van der Waals surface area (Å²) in [6, 6.07) is 3.50. The van der Waals surface area contributed by atoms with E-state index in [0.717, 1.165) is 17.0 Å². The van der Waals surface area contributed by atoms with Gasteiger partial charge in [0.25, 0.3) is 0 Å². The van der Waals surface area contributed by atoms with Crippen LogP contribution >= 0.6 is 23.2 Å². The third kappa shape index (κ3) is 2.87. The van der Waals surface area contributed by atoms with Crippen LogP contribution in [0.5, 0.6) is 5.75 Å². The lowest BCUT2D eigenvalue weighted by atomic mass is 10.2. The molecule has 0 spiro atoms. The van der Waals surface area contributed by atoms with Gasteiger partial charge in [-0.25, -0.2) is 0 Å². The number of halogens is 2. The Morgan fingerprint density at radius 3 is 2.65 bits per heavy atom. The van der Waals surface area contributed by atoms with Crippen LogP contribution in [0.15, 0.2) is 36.2 Å². The van der Waals surface area contributed by atoms with E-state index in [2.05, 4.69) is 17.4 Å². The second-order valence-electron chi connectivity index (χ2n) is 3.77. The average molecular weight is 271 g/mol. The standard InChI is InChI=1S/C12H12Cl2N2O/c1-7-3-12(11(14)5-10(7)13)17-6-9-4-8(2)15-16-9/h3-5,15-16H,2,6H2,1H3. The van der Waals surface area contributed by atoms with Gasteiger partial charge in [-0.3, -0.25) is 0 Å². The van der Waals surface area contributed by atoms with Crippen molar-refractivity contribution in [2.45, 2.75) is 6.92 Å². The minimum atomic E-state index is 0.396. The molecule has 0 aromatic heterocycles. The van der Waals surface area contributed by atoms with Crippen molar-refractivity contribution in [2.24, 2.45) is 0 Å². The molecule has 1 aromatic carbocycles. The summed E-state index contributed by atoms with van der Waals surface area (Å²) in [6.45, 7) is 6.05. The maximum absolute atomic E-state index is 6.03. The fourth-order valence-electron chi connectivity index (χ4n) is 1.42. The van der Waals surface area contributed by atoms with E-state index >= 15 is 0 Å². The Bertz CT molecular complexity index is 498. The van der Waals surface area contributed by atoms with Crippen molar-refractivity contribution in [3.8, 4) is 5.75 Å². The van der Waals surface area contributed by atoms with Gasteiger partial charge >= 0.3 is 0 Å². The molecule has 0 bridgehead atoms. The van der Waals surface area contributed by atoms with E-state index in [-0.39, 0.29) is 0 Å². The molecule has 1 aromatic rings. The summed E-state index contributed by atoms with van der Waals surface area (Å²) in [5.41, 5.74) is 8.45. The fourth-order valence-corrected chi connectivity index (χ4v) is 1.86. The van der Waals surface area contributed by atoms with Crippen LogP contribution in [0.25, 0.3) is 0 Å². The van der Waals surface area contributed by atoms with Crippen molar-refractivity contribution in [3.63, 3.8) is 0 Å². The summed E-state index contributed by atoms with van der Waals surface area (Å²) in [5, 5.41) is 1.14. The molecular formula is C12H12Cl2N2O. The smallest absolute Gasteiger partial charge is 0.138 e. The predicted octanol–water partition coefficient (Wildman–Crippen LogP) is 3.19. The highest BCUT2D eigenvalue weighted by Crippen LogP contribution is 2.30. The molecule has 17 heavy (non-hydrogen) atoms. The van der Waals surface area contributed by atoms with Crippen LogP contribution < -0.4 is 15.6 Å². The quantitative estimate of drug-likeness (QED) is 0.885. The Hall–Kier alpha value is -1.32. The second-order valence-corrected chi connectivity index (χ2v) is 4.58. The molecule has 1 aliphatic heterocycles. The summed E-state index contributed by atoms with van der Waals surface area (Å²) < 4.78 is 5.60. The van der Waals surface area contributed by atoms with E-state index in [1.54, 1.807) is 6.07 Å². The Labute approximate surface area is 110 Å². The lowest BCUT2D eigenvalue weighted by Gasteiger charge is -2.10. The van der Waals surface area contributed by atoms with Crippen molar-refractivity contribution in [1.82, 2.24) is 10.9 Å². The Kier molecular flexibility index (Phi) is 3.50. The van der Waals surface area contributed by atoms with Gasteiger partial charge < -0.3 is 15.6 Å². The second kappa shape index (κ2) is 4.90. The lowest BCUT2D eigenvalue weighted by molar-refractivity contribution is 0.342. The molecule has 0 atom stereocenters. The normalized spacial score (nSPS) is 14.1. The number of rotatable bonds is 3. The van der Waals surface area contributed by atoms with Gasteiger partial charge in [0, 0.05) is 10.7 Å². The minimum absolute atomic E-state index is 0.396. The van der Waals surface area contributed by atoms with Crippen molar-refractivity contribution in [2.75, 3.05) is 6.61 Å². The van der Waals surface area contributed by atoms with Crippen molar-refractivity contribution in [3.05, 3.63) is 51.8 Å². The number of allylic oxidation sites excluding steroid dienone is 1. The summed E-state index contributed by atoms with van der Waals surface area (Å²) in [7, 11) is 0. The molecule has 0 unspecified atom stereocenters. The molecular weight excluding hydrogens is 259 g/mol. The molecule has 90 valence electrons. The third-order valence-corrected chi connectivity index (χ3v) is 3.03. The molecule has 0 saturated carbocycles. The summed E-state index contributed by atoms with van der Waals surface area (Å²) in [4.78, 5) is 0. The first kappa shape index (κ1) is 12.1. The van der Waals surface area contributed by atoms with Gasteiger partial charge in [0.1, 0.15) is 12.4 Å². The largest absolute Gasteiger partial charge is 0.486 e. The molecule has 1 aliphatic rings. The SMILES string of the molecule is C=C1C=C(COc2cc(C)c(Cl)cc2Cl)NN1. The zero-order valence-corrected chi connectivity index (χ0v) is 10.8. The first-order chi connectivity index (χ1) is 8.06. The van der Waals surface area contributed by atoms with Crippen LogP contribution in [-0.4, -0.2) is 6.61 Å². The molecule has 0 radical (unpaired) electrons. The summed E-state index contributed by atoms with van der Waals surface area (Å²) in [6.07, 6.45) is 1.87. The van der Waals surface area contributed by atoms with Crippen LogP contribution in [0.4, 0.5) is 0 Å². The van der Waals surface area contributed by atoms with E-state index in [9.17, 15) is 0 Å². The maximum Gasteiger partial charge on any atom is 0.138 e. The fraction of sp³-hybridized carbons (Fsp3) is 0.167. The van der Waals surface area contributed by atoms with Crippen LogP contribution in [0.1, 0.15) is 5.56 Å². The molecule has 1 heterocycles. The summed E-state index contributed by atoms with van der Waals surface area (Å²) in [5.74, 6) is 0.619. The Balaban J connectivity index is 2.07. The van der Waals surface area contributed by atoms with Crippen molar-refractivity contribution < 1.29 is 4.74 Å². The molecule has 0 aliphatic carbocycles. The van der Waals surface area contributed by atoms with Crippen LogP contribution in [0.3, 0.4) is 0 Å². The monoisotopic (exact) mass is 270 g/mol. The van der Waals surface area contributed by atoms with Gasteiger partial charge in [-0.2, -0.15) is 0 Å². The van der Waals surface area contributed by atoms with Gasteiger partial charge in [0.05, 0.1) is 10.7 Å². The van der Waals surface area contributed by atoms with Crippen LogP contribution in [-0.2, 0) is 0 Å². The lowest BCUT2D eigenvalue weighted by Crippen LogP contribution is -2.25. The number of nitrogens with one attached hydrogen (secondary N) is 2. The third-order valence-electron chi connectivity index (χ3n) is 2.33. The number of hydrogen-bond donors (Lipinski definition) is 2. The van der Waals surface area contributed by atoms with Crippen molar-refractivity contribution >= 4 is 23.2 Å². The number of hydrogen-bond acceptors (Lipinski definition) is 3. The Morgan fingerprint density at radius 2 is 2.00 bits per heavy atom. The van der Waals surface area contributed by atoms with E-state index in [4.69, 9.17) is 27.9 Å². The highest BCUT2D eigenvalue weighted by Gasteiger charge is 2.09. The number of hydrazine groups is 1. The predicted molar refractivity (Wildman–Crippen MR) is 70.2 cm³/mol. The number of benzene rings is 1. The first-order valence-electron chi connectivity index (χ1n) is 5.06. The molecule has 2 rings (SSSR count). The first-order valence-corrected chi connectivity index (χ1v) is 5.82. The molecule has 3 nitrogen and oxygen atoms in total. The average Bonchev–Trinajstić information content (AvgIpc) is 2.68. The minimum Gasteiger partial charge on any atom is -0.486 e. The van der Waals surface area contributed by atoms with E-state index in [1.807, 2.05) is 19.1 Å². The molecule has 0 fully saturated rings. The molecule has 0 amide bonds. The molecule has 5 heteroatoms. The zero-order valence-electron chi connectivity index (χ0n) is 9.31. The van der Waals surface area contributed by atoms with Crippen LogP contribution in [0.2, 0.25) is 10.0 Å². The van der Waals surface area contributed by atoms with E-state index in [0.29, 0.717) is 22.4 Å². The van der Waals surface area contributed by atoms with Gasteiger partial charge in [-0.1, -0.05) is 29.8 Å². The topological polar surface area (TPSA) is 33.3 Å². The van der Waals surface area contributed by atoms with Gasteiger partial charge in [0.2, 0.25) is 0 Å². The molecule has 2 N–H and O–H groups in total.